The molecule has 2 N–H and O–H groups in total. The molecule has 0 radical (unpaired) electrons. The van der Waals surface area contributed by atoms with Crippen LogP contribution < -0.4 is 5.73 Å². The van der Waals surface area contributed by atoms with Crippen molar-refractivity contribution in [3.05, 3.63) is 34.9 Å². The number of halogens is 1. The zero-order valence-electron chi connectivity index (χ0n) is 10.4. The molecule has 94 valence electrons. The molecule has 1 atom stereocenters. The smallest absolute Gasteiger partial charge is 0.0408 e. The molecule has 0 saturated carbocycles. The third-order valence-electron chi connectivity index (χ3n) is 3.73. The van der Waals surface area contributed by atoms with E-state index >= 15 is 0 Å². The average molecular weight is 253 g/mol. The second-order valence-corrected chi connectivity index (χ2v) is 5.58. The first-order valence-electron chi connectivity index (χ1n) is 6.33. The summed E-state index contributed by atoms with van der Waals surface area (Å²) < 4.78 is 0. The van der Waals surface area contributed by atoms with Gasteiger partial charge in [0, 0.05) is 11.1 Å². The Kier molecular flexibility index (Phi) is 4.43. The molecule has 3 heteroatoms. The molecule has 0 spiro atoms. The van der Waals surface area contributed by atoms with Gasteiger partial charge in [-0.25, -0.2) is 0 Å². The summed E-state index contributed by atoms with van der Waals surface area (Å²) in [6.45, 7) is 2.35. The van der Waals surface area contributed by atoms with Crippen molar-refractivity contribution in [3.8, 4) is 0 Å². The molecule has 1 aromatic carbocycles. The van der Waals surface area contributed by atoms with Crippen molar-refractivity contribution in [1.82, 2.24) is 4.90 Å². The normalized spacial score (nSPS) is 20.4. The Bertz CT molecular complexity index is 359. The van der Waals surface area contributed by atoms with E-state index in [4.69, 9.17) is 17.3 Å². The Labute approximate surface area is 109 Å². The highest BCUT2D eigenvalue weighted by atomic mass is 35.5. The number of likely N-dealkylation sites (tertiary alicyclic amines) is 1. The molecule has 1 aliphatic heterocycles. The van der Waals surface area contributed by atoms with Crippen molar-refractivity contribution >= 4 is 11.6 Å². The minimum atomic E-state index is 0.266. The largest absolute Gasteiger partial charge is 0.327 e. The van der Waals surface area contributed by atoms with Crippen molar-refractivity contribution < 1.29 is 0 Å². The summed E-state index contributed by atoms with van der Waals surface area (Å²) in [7, 11) is 2.18. The molecule has 1 saturated heterocycles. The van der Waals surface area contributed by atoms with E-state index in [2.05, 4.69) is 18.0 Å². The first-order valence-corrected chi connectivity index (χ1v) is 6.71. The maximum atomic E-state index is 6.31. The minimum Gasteiger partial charge on any atom is -0.327 e. The molecule has 1 aromatic rings. The van der Waals surface area contributed by atoms with E-state index in [1.165, 1.54) is 31.5 Å². The van der Waals surface area contributed by atoms with Crippen molar-refractivity contribution in [3.63, 3.8) is 0 Å². The summed E-state index contributed by atoms with van der Waals surface area (Å²) in [5.74, 6) is 0.658. The molecule has 1 aliphatic rings. The molecule has 0 bridgehead atoms. The Hall–Kier alpha value is -0.570. The maximum Gasteiger partial charge on any atom is 0.0408 e. The Morgan fingerprint density at radius 3 is 2.76 bits per heavy atom. The van der Waals surface area contributed by atoms with Crippen LogP contribution in [0, 0.1) is 5.92 Å². The molecule has 1 unspecified atom stereocenters. The van der Waals surface area contributed by atoms with Crippen LogP contribution in [-0.4, -0.2) is 31.1 Å². The molecule has 2 nitrogen and oxygen atoms in total. The Morgan fingerprint density at radius 1 is 1.41 bits per heavy atom. The van der Waals surface area contributed by atoms with E-state index in [1.54, 1.807) is 0 Å². The van der Waals surface area contributed by atoms with Crippen LogP contribution in [0.3, 0.4) is 0 Å². The second-order valence-electron chi connectivity index (χ2n) is 5.14. The van der Waals surface area contributed by atoms with Gasteiger partial charge < -0.3 is 10.6 Å². The topological polar surface area (TPSA) is 29.3 Å². The summed E-state index contributed by atoms with van der Waals surface area (Å²) in [5, 5.41) is 0.804. The second kappa shape index (κ2) is 5.85. The summed E-state index contributed by atoms with van der Waals surface area (Å²) in [5.41, 5.74) is 7.57. The predicted molar refractivity (Wildman–Crippen MR) is 73.4 cm³/mol. The van der Waals surface area contributed by atoms with Crippen LogP contribution in [-0.2, 0) is 6.42 Å². The van der Waals surface area contributed by atoms with Crippen LogP contribution in [0.5, 0.6) is 0 Å². The van der Waals surface area contributed by atoms with Gasteiger partial charge >= 0.3 is 0 Å². The quantitative estimate of drug-likeness (QED) is 0.896. The minimum absolute atomic E-state index is 0.266. The molecule has 2 rings (SSSR count). The highest BCUT2D eigenvalue weighted by Crippen LogP contribution is 2.21. The van der Waals surface area contributed by atoms with E-state index in [9.17, 15) is 0 Å². The standard InChI is InChI=1S/C14H21ClN2/c1-17-7-5-12(6-8-17)14(16)10-11-3-2-4-13(15)9-11/h2-4,9,12,14H,5-8,10,16H2,1H3. The average Bonchev–Trinajstić information content (AvgIpc) is 2.29. The van der Waals surface area contributed by atoms with E-state index in [1.807, 2.05) is 18.2 Å². The lowest BCUT2D eigenvalue weighted by atomic mass is 9.87. The Morgan fingerprint density at radius 2 is 2.12 bits per heavy atom. The lowest BCUT2D eigenvalue weighted by Crippen LogP contribution is -2.40. The van der Waals surface area contributed by atoms with Gasteiger partial charge in [0.1, 0.15) is 0 Å². The zero-order chi connectivity index (χ0) is 12.3. The van der Waals surface area contributed by atoms with Crippen LogP contribution in [0.15, 0.2) is 24.3 Å². The molecule has 1 heterocycles. The number of nitrogens with zero attached hydrogens (tertiary/aromatic N) is 1. The van der Waals surface area contributed by atoms with Gasteiger partial charge in [0.05, 0.1) is 0 Å². The highest BCUT2D eigenvalue weighted by molar-refractivity contribution is 6.30. The number of hydrogen-bond acceptors (Lipinski definition) is 2. The van der Waals surface area contributed by atoms with Crippen molar-refractivity contribution in [2.45, 2.75) is 25.3 Å². The van der Waals surface area contributed by atoms with Crippen LogP contribution in [0.1, 0.15) is 18.4 Å². The monoisotopic (exact) mass is 252 g/mol. The predicted octanol–water partition coefficient (Wildman–Crippen LogP) is 2.55. The summed E-state index contributed by atoms with van der Waals surface area (Å²) in [6, 6.07) is 8.31. The molecule has 0 aliphatic carbocycles. The molecule has 1 fully saturated rings. The Balaban J connectivity index is 1.90. The SMILES string of the molecule is CN1CCC(C(N)Cc2cccc(Cl)c2)CC1. The van der Waals surface area contributed by atoms with Gasteiger partial charge in [0.15, 0.2) is 0 Å². The van der Waals surface area contributed by atoms with Crippen LogP contribution in [0.4, 0.5) is 0 Å². The summed E-state index contributed by atoms with van der Waals surface area (Å²) in [6.07, 6.45) is 3.38. The van der Waals surface area contributed by atoms with Crippen molar-refractivity contribution in [1.29, 1.82) is 0 Å². The number of benzene rings is 1. The first kappa shape index (κ1) is 12.9. The maximum absolute atomic E-state index is 6.31. The highest BCUT2D eigenvalue weighted by Gasteiger charge is 2.22. The molecule has 0 amide bonds. The third-order valence-corrected chi connectivity index (χ3v) is 3.96. The van der Waals surface area contributed by atoms with Crippen molar-refractivity contribution in [2.75, 3.05) is 20.1 Å². The molecular formula is C14H21ClN2. The van der Waals surface area contributed by atoms with E-state index in [-0.39, 0.29) is 6.04 Å². The van der Waals surface area contributed by atoms with E-state index < -0.39 is 0 Å². The fourth-order valence-electron chi connectivity index (χ4n) is 2.56. The van der Waals surface area contributed by atoms with Gasteiger partial charge in [-0.05, 0) is 63.0 Å². The summed E-state index contributed by atoms with van der Waals surface area (Å²) >= 11 is 5.99. The van der Waals surface area contributed by atoms with Gasteiger partial charge in [-0.2, -0.15) is 0 Å². The van der Waals surface area contributed by atoms with E-state index in [0.717, 1.165) is 11.4 Å². The summed E-state index contributed by atoms with van der Waals surface area (Å²) in [4.78, 5) is 2.38. The first-order chi connectivity index (χ1) is 8.15. The number of nitrogens with two attached hydrogens (primary N) is 1. The zero-order valence-corrected chi connectivity index (χ0v) is 11.2. The molecule has 0 aromatic heterocycles. The molecule has 17 heavy (non-hydrogen) atoms. The van der Waals surface area contributed by atoms with Gasteiger partial charge in [0.2, 0.25) is 0 Å². The van der Waals surface area contributed by atoms with Crippen LogP contribution in [0.25, 0.3) is 0 Å². The van der Waals surface area contributed by atoms with Gasteiger partial charge in [-0.1, -0.05) is 23.7 Å². The fourth-order valence-corrected chi connectivity index (χ4v) is 2.77. The number of rotatable bonds is 3. The van der Waals surface area contributed by atoms with Gasteiger partial charge in [0.25, 0.3) is 0 Å². The third kappa shape index (κ3) is 3.70. The molecular weight excluding hydrogens is 232 g/mol. The van der Waals surface area contributed by atoms with Gasteiger partial charge in [-0.3, -0.25) is 0 Å². The van der Waals surface area contributed by atoms with Crippen LogP contribution >= 0.6 is 11.6 Å². The van der Waals surface area contributed by atoms with Gasteiger partial charge in [-0.15, -0.1) is 0 Å². The fraction of sp³-hybridized carbons (Fsp3) is 0.571. The van der Waals surface area contributed by atoms with Crippen molar-refractivity contribution in [2.24, 2.45) is 11.7 Å². The number of hydrogen-bond donors (Lipinski definition) is 1. The van der Waals surface area contributed by atoms with E-state index in [0.29, 0.717) is 5.92 Å². The lowest BCUT2D eigenvalue weighted by Gasteiger charge is -2.32. The van der Waals surface area contributed by atoms with Crippen LogP contribution in [0.2, 0.25) is 5.02 Å². The number of piperidine rings is 1. The lowest BCUT2D eigenvalue weighted by molar-refractivity contribution is 0.198.